The summed E-state index contributed by atoms with van der Waals surface area (Å²) in [5.41, 5.74) is 1.84. The van der Waals surface area contributed by atoms with Crippen molar-refractivity contribution in [1.82, 2.24) is 20.2 Å². The summed E-state index contributed by atoms with van der Waals surface area (Å²) in [6.45, 7) is 0. The van der Waals surface area contributed by atoms with Crippen molar-refractivity contribution >= 4 is 35.0 Å². The van der Waals surface area contributed by atoms with Crippen LogP contribution in [0.4, 0.5) is 0 Å². The van der Waals surface area contributed by atoms with Gasteiger partial charge in [0, 0.05) is 15.8 Å². The van der Waals surface area contributed by atoms with E-state index in [1.165, 1.54) is 11.8 Å². The van der Waals surface area contributed by atoms with E-state index in [1.807, 2.05) is 36.4 Å². The zero-order chi connectivity index (χ0) is 16.2. The highest BCUT2D eigenvalue weighted by molar-refractivity contribution is 7.98. The molecule has 118 valence electrons. The van der Waals surface area contributed by atoms with E-state index in [0.29, 0.717) is 21.0 Å². The smallest absolute Gasteiger partial charge is 0.214 e. The third-order valence-corrected chi connectivity index (χ3v) is 4.68. The summed E-state index contributed by atoms with van der Waals surface area (Å²) in [6.07, 6.45) is 0. The van der Waals surface area contributed by atoms with Crippen LogP contribution < -0.4 is 4.74 Å². The van der Waals surface area contributed by atoms with Crippen LogP contribution in [0.3, 0.4) is 0 Å². The highest BCUT2D eigenvalue weighted by atomic mass is 35.5. The quantitative estimate of drug-likeness (QED) is 0.631. The van der Waals surface area contributed by atoms with Gasteiger partial charge in [0.05, 0.1) is 12.8 Å². The van der Waals surface area contributed by atoms with Crippen molar-refractivity contribution < 1.29 is 4.74 Å². The molecule has 0 fully saturated rings. The van der Waals surface area contributed by atoms with Gasteiger partial charge in [-0.05, 0) is 52.4 Å². The number of tetrazole rings is 1. The number of rotatable bonds is 5. The summed E-state index contributed by atoms with van der Waals surface area (Å²) >= 11 is 13.6. The SMILES string of the molecule is COc1ccc(-n2nnnc2SCc2ccc(Cl)cc2Cl)cc1. The predicted molar refractivity (Wildman–Crippen MR) is 91.7 cm³/mol. The number of hydrogen-bond donors (Lipinski definition) is 0. The fourth-order valence-electron chi connectivity index (χ4n) is 1.94. The van der Waals surface area contributed by atoms with Crippen LogP contribution in [0, 0.1) is 0 Å². The van der Waals surface area contributed by atoms with Crippen LogP contribution in [0.2, 0.25) is 10.0 Å². The van der Waals surface area contributed by atoms with E-state index in [0.717, 1.165) is 17.0 Å². The van der Waals surface area contributed by atoms with Crippen LogP contribution in [-0.4, -0.2) is 27.3 Å². The number of thioether (sulfide) groups is 1. The van der Waals surface area contributed by atoms with Crippen molar-refractivity contribution in [3.63, 3.8) is 0 Å². The molecule has 3 rings (SSSR count). The summed E-state index contributed by atoms with van der Waals surface area (Å²) in [4.78, 5) is 0. The van der Waals surface area contributed by atoms with Crippen molar-refractivity contribution in [2.45, 2.75) is 10.9 Å². The molecule has 0 saturated heterocycles. The Balaban J connectivity index is 1.78. The van der Waals surface area contributed by atoms with Gasteiger partial charge in [-0.2, -0.15) is 4.68 Å². The lowest BCUT2D eigenvalue weighted by atomic mass is 10.2. The molecule has 2 aromatic carbocycles. The van der Waals surface area contributed by atoms with Crippen molar-refractivity contribution in [1.29, 1.82) is 0 Å². The standard InChI is InChI=1S/C15H12Cl2N4OS/c1-22-13-6-4-12(5-7-13)21-15(18-19-20-21)23-9-10-2-3-11(16)8-14(10)17/h2-8H,9H2,1H3. The second kappa shape index (κ2) is 7.21. The van der Waals surface area contributed by atoms with E-state index >= 15 is 0 Å². The summed E-state index contributed by atoms with van der Waals surface area (Å²) in [5.74, 6) is 1.43. The lowest BCUT2D eigenvalue weighted by Gasteiger charge is -2.06. The largest absolute Gasteiger partial charge is 0.497 e. The minimum absolute atomic E-state index is 0.617. The van der Waals surface area contributed by atoms with Gasteiger partial charge in [0.25, 0.3) is 0 Å². The number of aromatic nitrogens is 4. The van der Waals surface area contributed by atoms with Crippen LogP contribution in [0.1, 0.15) is 5.56 Å². The molecule has 0 N–H and O–H groups in total. The number of methoxy groups -OCH3 is 1. The van der Waals surface area contributed by atoms with Gasteiger partial charge in [-0.25, -0.2) is 0 Å². The van der Waals surface area contributed by atoms with Crippen LogP contribution in [0.25, 0.3) is 5.69 Å². The monoisotopic (exact) mass is 366 g/mol. The molecule has 8 heteroatoms. The molecule has 0 aliphatic rings. The van der Waals surface area contributed by atoms with Crippen LogP contribution >= 0.6 is 35.0 Å². The van der Waals surface area contributed by atoms with Gasteiger partial charge in [-0.15, -0.1) is 5.10 Å². The molecule has 0 spiro atoms. The van der Waals surface area contributed by atoms with Gasteiger partial charge in [-0.1, -0.05) is 41.0 Å². The molecule has 0 amide bonds. The van der Waals surface area contributed by atoms with Crippen molar-refractivity contribution in [3.8, 4) is 11.4 Å². The molecule has 1 aromatic heterocycles. The van der Waals surface area contributed by atoms with E-state index in [9.17, 15) is 0 Å². The van der Waals surface area contributed by atoms with E-state index in [2.05, 4.69) is 15.5 Å². The summed E-state index contributed by atoms with van der Waals surface area (Å²) in [7, 11) is 1.63. The molecule has 0 atom stereocenters. The van der Waals surface area contributed by atoms with E-state index in [4.69, 9.17) is 27.9 Å². The Hall–Kier alpha value is -1.76. The molecule has 0 saturated carbocycles. The normalized spacial score (nSPS) is 10.7. The van der Waals surface area contributed by atoms with Crippen molar-refractivity contribution in [2.24, 2.45) is 0 Å². The Kier molecular flexibility index (Phi) is 5.05. The number of benzene rings is 2. The number of hydrogen-bond acceptors (Lipinski definition) is 5. The molecular weight excluding hydrogens is 355 g/mol. The summed E-state index contributed by atoms with van der Waals surface area (Å²) < 4.78 is 6.83. The molecule has 1 heterocycles. The molecule has 5 nitrogen and oxygen atoms in total. The second-order valence-electron chi connectivity index (χ2n) is 4.60. The van der Waals surface area contributed by atoms with Crippen LogP contribution in [-0.2, 0) is 5.75 Å². The number of halogens is 2. The Bertz CT molecular complexity index is 807. The maximum absolute atomic E-state index is 6.19. The molecule has 0 radical (unpaired) electrons. The van der Waals surface area contributed by atoms with E-state index < -0.39 is 0 Å². The average molecular weight is 367 g/mol. The average Bonchev–Trinajstić information content (AvgIpc) is 3.02. The van der Waals surface area contributed by atoms with E-state index in [1.54, 1.807) is 17.9 Å². The second-order valence-corrected chi connectivity index (χ2v) is 6.38. The maximum atomic E-state index is 6.19. The zero-order valence-corrected chi connectivity index (χ0v) is 14.4. The third-order valence-electron chi connectivity index (χ3n) is 3.13. The summed E-state index contributed by atoms with van der Waals surface area (Å²) in [5, 5.41) is 13.8. The van der Waals surface area contributed by atoms with Gasteiger partial charge in [0.1, 0.15) is 5.75 Å². The Morgan fingerprint density at radius 1 is 1.13 bits per heavy atom. The number of ether oxygens (including phenoxy) is 1. The first-order valence-electron chi connectivity index (χ1n) is 6.67. The first-order chi connectivity index (χ1) is 11.2. The molecular formula is C15H12Cl2N4OS. The molecule has 0 bridgehead atoms. The Morgan fingerprint density at radius 2 is 1.91 bits per heavy atom. The minimum atomic E-state index is 0.617. The van der Waals surface area contributed by atoms with Crippen molar-refractivity contribution in [2.75, 3.05) is 7.11 Å². The zero-order valence-electron chi connectivity index (χ0n) is 12.1. The van der Waals surface area contributed by atoms with Gasteiger partial charge in [0.15, 0.2) is 0 Å². The molecule has 23 heavy (non-hydrogen) atoms. The van der Waals surface area contributed by atoms with Gasteiger partial charge >= 0.3 is 0 Å². The van der Waals surface area contributed by atoms with Crippen molar-refractivity contribution in [3.05, 3.63) is 58.1 Å². The Morgan fingerprint density at radius 3 is 2.61 bits per heavy atom. The summed E-state index contributed by atoms with van der Waals surface area (Å²) in [6, 6.07) is 13.0. The highest BCUT2D eigenvalue weighted by Gasteiger charge is 2.11. The van der Waals surface area contributed by atoms with E-state index in [-0.39, 0.29) is 0 Å². The van der Waals surface area contributed by atoms with Gasteiger partial charge in [-0.3, -0.25) is 0 Å². The fourth-order valence-corrected chi connectivity index (χ4v) is 3.38. The first kappa shape index (κ1) is 16.1. The predicted octanol–water partition coefficient (Wildman–Crippen LogP) is 4.27. The third kappa shape index (κ3) is 3.77. The topological polar surface area (TPSA) is 52.8 Å². The number of nitrogens with zero attached hydrogens (tertiary/aromatic N) is 4. The molecule has 0 unspecified atom stereocenters. The molecule has 3 aromatic rings. The fraction of sp³-hybridized carbons (Fsp3) is 0.133. The lowest BCUT2D eigenvalue weighted by Crippen LogP contribution is -1.99. The molecule has 0 aliphatic heterocycles. The van der Waals surface area contributed by atoms with Crippen LogP contribution in [0.5, 0.6) is 5.75 Å². The highest BCUT2D eigenvalue weighted by Crippen LogP contribution is 2.28. The lowest BCUT2D eigenvalue weighted by molar-refractivity contribution is 0.414. The maximum Gasteiger partial charge on any atom is 0.214 e. The van der Waals surface area contributed by atoms with Gasteiger partial charge in [0.2, 0.25) is 5.16 Å². The Labute approximate surface area is 147 Å². The molecule has 0 aliphatic carbocycles. The first-order valence-corrected chi connectivity index (χ1v) is 8.41. The van der Waals surface area contributed by atoms with Gasteiger partial charge < -0.3 is 4.74 Å². The minimum Gasteiger partial charge on any atom is -0.497 e. The van der Waals surface area contributed by atoms with Crippen LogP contribution in [0.15, 0.2) is 47.6 Å².